The fourth-order valence-corrected chi connectivity index (χ4v) is 1.57. The highest BCUT2D eigenvalue weighted by atomic mass is 15.3. The van der Waals surface area contributed by atoms with Gasteiger partial charge in [-0.1, -0.05) is 0 Å². The quantitative estimate of drug-likeness (QED) is 0.760. The minimum absolute atomic E-state index is 0.542. The van der Waals surface area contributed by atoms with E-state index in [-0.39, 0.29) is 0 Å². The highest BCUT2D eigenvalue weighted by Crippen LogP contribution is 2.08. The maximum absolute atomic E-state index is 4.39. The summed E-state index contributed by atoms with van der Waals surface area (Å²) in [6.07, 6.45) is 5.15. The summed E-state index contributed by atoms with van der Waals surface area (Å²) < 4.78 is 1.75. The van der Waals surface area contributed by atoms with Gasteiger partial charge in [-0.2, -0.15) is 15.0 Å². The minimum Gasteiger partial charge on any atom is -0.354 e. The van der Waals surface area contributed by atoms with Gasteiger partial charge in [0.15, 0.2) is 0 Å². The topological polar surface area (TPSA) is 83.8 Å². The number of nitrogens with zero attached hydrogens (tertiary/aromatic N) is 6. The molecule has 0 aliphatic carbocycles. The highest BCUT2D eigenvalue weighted by molar-refractivity contribution is 5.37. The molecule has 0 saturated carbocycles. The molecule has 2 aromatic rings. The molecule has 0 radical (unpaired) electrons. The lowest BCUT2D eigenvalue weighted by atomic mass is 10.6. The van der Waals surface area contributed by atoms with Crippen LogP contribution in [0.4, 0.5) is 11.9 Å². The number of anilines is 2. The molecule has 0 aliphatic heterocycles. The van der Waals surface area contributed by atoms with E-state index in [1.54, 1.807) is 23.3 Å². The van der Waals surface area contributed by atoms with Crippen molar-refractivity contribution in [3.05, 3.63) is 18.7 Å². The van der Waals surface area contributed by atoms with Crippen molar-refractivity contribution < 1.29 is 0 Å². The predicted molar refractivity (Wildman–Crippen MR) is 78.2 cm³/mol. The molecule has 2 N–H and O–H groups in total. The van der Waals surface area contributed by atoms with Crippen LogP contribution < -0.4 is 10.6 Å². The molecule has 20 heavy (non-hydrogen) atoms. The Hall–Kier alpha value is -2.22. The van der Waals surface area contributed by atoms with Gasteiger partial charge in [-0.05, 0) is 21.0 Å². The third kappa shape index (κ3) is 3.89. The van der Waals surface area contributed by atoms with Crippen LogP contribution in [0.5, 0.6) is 0 Å². The summed E-state index contributed by atoms with van der Waals surface area (Å²) in [5.74, 6) is 1.65. The Morgan fingerprint density at radius 2 is 1.90 bits per heavy atom. The summed E-state index contributed by atoms with van der Waals surface area (Å²) >= 11 is 0. The molecule has 0 unspecified atom stereocenters. The molecule has 108 valence electrons. The van der Waals surface area contributed by atoms with Gasteiger partial charge in [-0.3, -0.25) is 4.57 Å². The average Bonchev–Trinajstić information content (AvgIpc) is 2.92. The molecule has 2 heterocycles. The van der Waals surface area contributed by atoms with Crippen LogP contribution in [0.1, 0.15) is 6.92 Å². The first-order chi connectivity index (χ1) is 9.69. The molecule has 0 saturated heterocycles. The van der Waals surface area contributed by atoms with Crippen LogP contribution >= 0.6 is 0 Å². The molecule has 0 fully saturated rings. The standard InChI is InChI=1S/C12H20N8/c1-4-14-10-16-11(15-6-7-19(2)3)18-12(17-10)20-8-5-13-9-20/h5,8-9H,4,6-7H2,1-3H3,(H2,14,15,16,17,18). The van der Waals surface area contributed by atoms with Crippen molar-refractivity contribution >= 4 is 11.9 Å². The molecule has 2 aromatic heterocycles. The monoisotopic (exact) mass is 276 g/mol. The van der Waals surface area contributed by atoms with Gasteiger partial charge in [-0.15, -0.1) is 0 Å². The Labute approximate surface area is 118 Å². The zero-order chi connectivity index (χ0) is 14.4. The second-order valence-corrected chi connectivity index (χ2v) is 4.51. The van der Waals surface area contributed by atoms with E-state index >= 15 is 0 Å². The molecule has 0 amide bonds. The number of aromatic nitrogens is 5. The zero-order valence-electron chi connectivity index (χ0n) is 12.0. The fourth-order valence-electron chi connectivity index (χ4n) is 1.57. The number of hydrogen-bond donors (Lipinski definition) is 2. The van der Waals surface area contributed by atoms with E-state index in [1.807, 2.05) is 21.0 Å². The maximum Gasteiger partial charge on any atom is 0.241 e. The molecule has 0 atom stereocenters. The van der Waals surface area contributed by atoms with Crippen LogP contribution in [0.15, 0.2) is 18.7 Å². The van der Waals surface area contributed by atoms with Gasteiger partial charge in [0, 0.05) is 32.0 Å². The number of hydrogen-bond acceptors (Lipinski definition) is 7. The molecule has 0 aromatic carbocycles. The first-order valence-electron chi connectivity index (χ1n) is 6.56. The number of imidazole rings is 1. The maximum atomic E-state index is 4.39. The van der Waals surface area contributed by atoms with E-state index < -0.39 is 0 Å². The summed E-state index contributed by atoms with van der Waals surface area (Å²) in [4.78, 5) is 19.2. The van der Waals surface area contributed by atoms with Crippen molar-refractivity contribution in [3.63, 3.8) is 0 Å². The molecule has 0 aliphatic rings. The van der Waals surface area contributed by atoms with Crippen molar-refractivity contribution in [1.82, 2.24) is 29.4 Å². The van der Waals surface area contributed by atoms with Gasteiger partial charge in [0.1, 0.15) is 6.33 Å². The van der Waals surface area contributed by atoms with Gasteiger partial charge in [0.2, 0.25) is 17.8 Å². The van der Waals surface area contributed by atoms with Gasteiger partial charge in [0.25, 0.3) is 0 Å². The van der Waals surface area contributed by atoms with Crippen LogP contribution in [0.3, 0.4) is 0 Å². The molecular formula is C12H20N8. The fraction of sp³-hybridized carbons (Fsp3) is 0.500. The SMILES string of the molecule is CCNc1nc(NCCN(C)C)nc(-n2ccnc2)n1. The smallest absolute Gasteiger partial charge is 0.241 e. The van der Waals surface area contributed by atoms with Crippen LogP contribution in [0.2, 0.25) is 0 Å². The first-order valence-corrected chi connectivity index (χ1v) is 6.56. The molecule has 0 bridgehead atoms. The average molecular weight is 276 g/mol. The number of nitrogens with one attached hydrogen (secondary N) is 2. The van der Waals surface area contributed by atoms with E-state index in [1.165, 1.54) is 0 Å². The summed E-state index contributed by atoms with van der Waals surface area (Å²) in [6.45, 7) is 4.43. The molecular weight excluding hydrogens is 256 g/mol. The zero-order valence-corrected chi connectivity index (χ0v) is 12.0. The Kier molecular flexibility index (Phi) is 4.83. The number of rotatable bonds is 7. The second-order valence-electron chi connectivity index (χ2n) is 4.51. The van der Waals surface area contributed by atoms with E-state index in [2.05, 4.69) is 35.5 Å². The molecule has 0 spiro atoms. The summed E-state index contributed by atoms with van der Waals surface area (Å²) in [7, 11) is 4.05. The summed E-state index contributed by atoms with van der Waals surface area (Å²) in [5.41, 5.74) is 0. The van der Waals surface area contributed by atoms with Gasteiger partial charge < -0.3 is 15.5 Å². The van der Waals surface area contributed by atoms with E-state index in [0.717, 1.165) is 19.6 Å². The Balaban J connectivity index is 2.17. The normalized spacial score (nSPS) is 10.8. The van der Waals surface area contributed by atoms with E-state index in [0.29, 0.717) is 17.8 Å². The lowest BCUT2D eigenvalue weighted by molar-refractivity contribution is 0.425. The largest absolute Gasteiger partial charge is 0.354 e. The highest BCUT2D eigenvalue weighted by Gasteiger charge is 2.07. The van der Waals surface area contributed by atoms with E-state index in [4.69, 9.17) is 0 Å². The van der Waals surface area contributed by atoms with Gasteiger partial charge >= 0.3 is 0 Å². The van der Waals surface area contributed by atoms with Crippen LogP contribution in [-0.2, 0) is 0 Å². The van der Waals surface area contributed by atoms with E-state index in [9.17, 15) is 0 Å². The number of likely N-dealkylation sites (N-methyl/N-ethyl adjacent to an activating group) is 1. The van der Waals surface area contributed by atoms with Crippen molar-refractivity contribution in [2.24, 2.45) is 0 Å². The molecule has 2 rings (SSSR count). The van der Waals surface area contributed by atoms with Gasteiger partial charge in [-0.25, -0.2) is 4.98 Å². The third-order valence-electron chi connectivity index (χ3n) is 2.54. The Morgan fingerprint density at radius 1 is 1.15 bits per heavy atom. The van der Waals surface area contributed by atoms with Crippen molar-refractivity contribution in [1.29, 1.82) is 0 Å². The van der Waals surface area contributed by atoms with Crippen molar-refractivity contribution in [2.75, 3.05) is 44.4 Å². The molecule has 8 nitrogen and oxygen atoms in total. The Morgan fingerprint density at radius 3 is 2.50 bits per heavy atom. The summed E-state index contributed by atoms with van der Waals surface area (Å²) in [5, 5.41) is 6.30. The molecule has 8 heteroatoms. The van der Waals surface area contributed by atoms with Crippen molar-refractivity contribution in [3.8, 4) is 5.95 Å². The summed E-state index contributed by atoms with van der Waals surface area (Å²) in [6, 6.07) is 0. The predicted octanol–water partition coefficient (Wildman–Crippen LogP) is 0.463. The third-order valence-corrected chi connectivity index (χ3v) is 2.54. The lowest BCUT2D eigenvalue weighted by Crippen LogP contribution is -2.22. The van der Waals surface area contributed by atoms with Crippen LogP contribution in [0.25, 0.3) is 5.95 Å². The second kappa shape index (κ2) is 6.80. The van der Waals surface area contributed by atoms with Crippen molar-refractivity contribution in [2.45, 2.75) is 6.92 Å². The first kappa shape index (κ1) is 14.2. The minimum atomic E-state index is 0.542. The van der Waals surface area contributed by atoms with Gasteiger partial charge in [0.05, 0.1) is 0 Å². The Bertz CT molecular complexity index is 522. The van der Waals surface area contributed by atoms with Crippen LogP contribution in [-0.4, -0.2) is 63.1 Å². The van der Waals surface area contributed by atoms with Crippen LogP contribution in [0, 0.1) is 0 Å². The lowest BCUT2D eigenvalue weighted by Gasteiger charge is -2.12.